The van der Waals surface area contributed by atoms with Crippen LogP contribution in [0.5, 0.6) is 0 Å². The van der Waals surface area contributed by atoms with E-state index in [1.165, 1.54) is 0 Å². The first kappa shape index (κ1) is 23.7. The Kier molecular flexibility index (Phi) is 9.17. The fourth-order valence-electron chi connectivity index (χ4n) is 3.13. The zero-order valence-electron chi connectivity index (χ0n) is 16.8. The molecule has 28 heavy (non-hydrogen) atoms. The standard InChI is InChI=1S/C18H32N4O6/c1-9(2)7-13(22-18(27)28)16(25)21-12(8-11-5-6-19-15(11)24)14(23)17(26)20-10(3)4/h9-14,22-23H,5-8H2,1-4H3,(H,19,24)(H,20,26)(H,21,25)(H,27,28)/t11-,12?,13?,14?/m0/s1. The Bertz CT molecular complexity index is 580. The van der Waals surface area contributed by atoms with Crippen LogP contribution >= 0.6 is 0 Å². The Morgan fingerprint density at radius 1 is 1.11 bits per heavy atom. The van der Waals surface area contributed by atoms with Gasteiger partial charge in [0.25, 0.3) is 5.91 Å². The lowest BCUT2D eigenvalue weighted by Crippen LogP contribution is -2.56. The van der Waals surface area contributed by atoms with Crippen molar-refractivity contribution in [2.75, 3.05) is 6.54 Å². The van der Waals surface area contributed by atoms with Gasteiger partial charge in [0.2, 0.25) is 11.8 Å². The second-order valence-electron chi connectivity index (χ2n) is 7.87. The highest BCUT2D eigenvalue weighted by Gasteiger charge is 2.35. The molecule has 0 saturated carbocycles. The zero-order chi connectivity index (χ0) is 21.4. The number of carboxylic acid groups (broad SMARTS) is 1. The fourth-order valence-corrected chi connectivity index (χ4v) is 3.13. The molecule has 160 valence electrons. The first-order valence-electron chi connectivity index (χ1n) is 9.57. The molecule has 10 nitrogen and oxygen atoms in total. The third-order valence-corrected chi connectivity index (χ3v) is 4.43. The maximum atomic E-state index is 12.6. The van der Waals surface area contributed by atoms with Crippen molar-refractivity contribution in [2.24, 2.45) is 11.8 Å². The lowest BCUT2D eigenvalue weighted by Gasteiger charge is -2.28. The number of carbonyl (C=O) groups excluding carboxylic acids is 3. The molecular formula is C18H32N4O6. The van der Waals surface area contributed by atoms with E-state index in [1.54, 1.807) is 13.8 Å². The van der Waals surface area contributed by atoms with E-state index in [4.69, 9.17) is 5.11 Å². The smallest absolute Gasteiger partial charge is 0.405 e. The Morgan fingerprint density at radius 3 is 2.21 bits per heavy atom. The fraction of sp³-hybridized carbons (Fsp3) is 0.778. The molecule has 6 N–H and O–H groups in total. The van der Waals surface area contributed by atoms with Crippen LogP contribution in [-0.2, 0) is 14.4 Å². The molecule has 1 aliphatic rings. The first-order chi connectivity index (χ1) is 13.0. The van der Waals surface area contributed by atoms with Crippen molar-refractivity contribution in [3.63, 3.8) is 0 Å². The minimum Gasteiger partial charge on any atom is -0.465 e. The first-order valence-corrected chi connectivity index (χ1v) is 9.57. The van der Waals surface area contributed by atoms with Gasteiger partial charge < -0.3 is 31.5 Å². The van der Waals surface area contributed by atoms with Crippen LogP contribution in [0.3, 0.4) is 0 Å². The van der Waals surface area contributed by atoms with Gasteiger partial charge >= 0.3 is 6.09 Å². The average molecular weight is 400 g/mol. The molecule has 0 aromatic rings. The van der Waals surface area contributed by atoms with Crippen LogP contribution in [0.1, 0.15) is 47.0 Å². The van der Waals surface area contributed by atoms with E-state index in [0.717, 1.165) is 0 Å². The number of carbonyl (C=O) groups is 4. The van der Waals surface area contributed by atoms with Gasteiger partial charge in [-0.25, -0.2) is 4.79 Å². The molecule has 1 rings (SSSR count). The monoisotopic (exact) mass is 400 g/mol. The third kappa shape index (κ3) is 7.71. The molecule has 1 fully saturated rings. The van der Waals surface area contributed by atoms with Gasteiger partial charge in [-0.15, -0.1) is 0 Å². The topological polar surface area (TPSA) is 157 Å². The zero-order valence-corrected chi connectivity index (χ0v) is 16.8. The van der Waals surface area contributed by atoms with E-state index in [-0.39, 0.29) is 30.7 Å². The molecule has 0 spiro atoms. The van der Waals surface area contributed by atoms with E-state index in [1.807, 2.05) is 13.8 Å². The van der Waals surface area contributed by atoms with E-state index < -0.39 is 42.0 Å². The highest BCUT2D eigenvalue weighted by atomic mass is 16.4. The SMILES string of the molecule is CC(C)CC(NC(=O)O)C(=O)NC(C[C@@H]1CCNC1=O)C(O)C(=O)NC(C)C. The average Bonchev–Trinajstić information content (AvgIpc) is 2.96. The van der Waals surface area contributed by atoms with Gasteiger partial charge in [-0.2, -0.15) is 0 Å². The molecule has 0 aromatic carbocycles. The van der Waals surface area contributed by atoms with E-state index >= 15 is 0 Å². The lowest BCUT2D eigenvalue weighted by atomic mass is 9.93. The largest absolute Gasteiger partial charge is 0.465 e. The van der Waals surface area contributed by atoms with Crippen LogP contribution in [0.25, 0.3) is 0 Å². The lowest BCUT2D eigenvalue weighted by molar-refractivity contribution is -0.134. The molecule has 4 atom stereocenters. The molecule has 4 amide bonds. The number of nitrogens with one attached hydrogen (secondary N) is 4. The quantitative estimate of drug-likeness (QED) is 0.292. The summed E-state index contributed by atoms with van der Waals surface area (Å²) < 4.78 is 0. The summed E-state index contributed by atoms with van der Waals surface area (Å²) in [5.74, 6) is -1.90. The van der Waals surface area contributed by atoms with E-state index in [0.29, 0.717) is 13.0 Å². The van der Waals surface area contributed by atoms with Crippen molar-refractivity contribution in [3.8, 4) is 0 Å². The molecule has 0 radical (unpaired) electrons. The van der Waals surface area contributed by atoms with Crippen LogP contribution in [0.4, 0.5) is 4.79 Å². The van der Waals surface area contributed by atoms with Crippen LogP contribution in [0.15, 0.2) is 0 Å². The third-order valence-electron chi connectivity index (χ3n) is 4.43. The highest BCUT2D eigenvalue weighted by molar-refractivity contribution is 5.87. The minimum absolute atomic E-state index is 0.0378. The molecule has 1 saturated heterocycles. The van der Waals surface area contributed by atoms with Gasteiger partial charge in [0.1, 0.15) is 6.04 Å². The van der Waals surface area contributed by atoms with Crippen molar-refractivity contribution in [1.29, 1.82) is 0 Å². The number of hydrogen-bond acceptors (Lipinski definition) is 5. The summed E-state index contributed by atoms with van der Waals surface area (Å²) in [6.07, 6.45) is -2.05. The number of rotatable bonds is 10. The predicted molar refractivity (Wildman–Crippen MR) is 101 cm³/mol. The molecule has 10 heteroatoms. The molecule has 1 aliphatic heterocycles. The van der Waals surface area contributed by atoms with Crippen molar-refractivity contribution in [1.82, 2.24) is 21.3 Å². The summed E-state index contributed by atoms with van der Waals surface area (Å²) >= 11 is 0. The van der Waals surface area contributed by atoms with Gasteiger partial charge in [0.05, 0.1) is 6.04 Å². The Morgan fingerprint density at radius 2 is 1.75 bits per heavy atom. The Balaban J connectivity index is 2.94. The van der Waals surface area contributed by atoms with E-state index in [2.05, 4.69) is 21.3 Å². The maximum Gasteiger partial charge on any atom is 0.405 e. The van der Waals surface area contributed by atoms with Crippen LogP contribution in [0.2, 0.25) is 0 Å². The molecule has 1 heterocycles. The summed E-state index contributed by atoms with van der Waals surface area (Å²) in [6.45, 7) is 7.65. The maximum absolute atomic E-state index is 12.6. The predicted octanol–water partition coefficient (Wildman–Crippen LogP) is -0.435. The van der Waals surface area contributed by atoms with Gasteiger partial charge in [0.15, 0.2) is 6.10 Å². The molecule has 0 bridgehead atoms. The summed E-state index contributed by atoms with van der Waals surface area (Å²) in [7, 11) is 0. The molecule has 3 unspecified atom stereocenters. The molecular weight excluding hydrogens is 368 g/mol. The van der Waals surface area contributed by atoms with Gasteiger partial charge in [-0.1, -0.05) is 13.8 Å². The second-order valence-corrected chi connectivity index (χ2v) is 7.87. The van der Waals surface area contributed by atoms with Gasteiger partial charge in [0, 0.05) is 18.5 Å². The highest BCUT2D eigenvalue weighted by Crippen LogP contribution is 2.18. The van der Waals surface area contributed by atoms with Crippen molar-refractivity contribution >= 4 is 23.8 Å². The van der Waals surface area contributed by atoms with Gasteiger partial charge in [-0.3, -0.25) is 14.4 Å². The van der Waals surface area contributed by atoms with E-state index in [9.17, 15) is 24.3 Å². The summed E-state index contributed by atoms with van der Waals surface area (Å²) in [5.41, 5.74) is 0. The Labute approximate surface area is 164 Å². The summed E-state index contributed by atoms with van der Waals surface area (Å²) in [6, 6.07) is -2.27. The van der Waals surface area contributed by atoms with Crippen molar-refractivity contribution in [3.05, 3.63) is 0 Å². The van der Waals surface area contributed by atoms with Crippen LogP contribution in [0, 0.1) is 11.8 Å². The summed E-state index contributed by atoms with van der Waals surface area (Å²) in [4.78, 5) is 47.8. The normalized spacial score (nSPS) is 19.7. The number of aliphatic hydroxyl groups is 1. The van der Waals surface area contributed by atoms with Crippen LogP contribution in [-0.4, -0.2) is 64.8 Å². The van der Waals surface area contributed by atoms with Crippen molar-refractivity contribution < 1.29 is 29.4 Å². The summed E-state index contributed by atoms with van der Waals surface area (Å²) in [5, 5.41) is 29.4. The Hall–Kier alpha value is -2.36. The number of aliphatic hydroxyl groups excluding tert-OH is 1. The minimum atomic E-state index is -1.57. The number of hydrogen-bond donors (Lipinski definition) is 6. The van der Waals surface area contributed by atoms with Crippen molar-refractivity contribution in [2.45, 2.75) is 71.2 Å². The molecule has 0 aromatic heterocycles. The molecule has 0 aliphatic carbocycles. The van der Waals surface area contributed by atoms with Crippen LogP contribution < -0.4 is 21.3 Å². The second kappa shape index (κ2) is 10.8. The van der Waals surface area contributed by atoms with Gasteiger partial charge in [-0.05, 0) is 39.0 Å². The number of amides is 4.